The Morgan fingerprint density at radius 1 is 1.31 bits per heavy atom. The monoisotopic (exact) mass is 383 g/mol. The van der Waals surface area contributed by atoms with Crippen LogP contribution in [0.15, 0.2) is 6.20 Å². The van der Waals surface area contributed by atoms with Crippen molar-refractivity contribution >= 4 is 28.5 Å². The van der Waals surface area contributed by atoms with Crippen molar-refractivity contribution in [2.45, 2.75) is 62.7 Å². The average molecular weight is 384 g/mol. The van der Waals surface area contributed by atoms with Crippen LogP contribution in [0.25, 0.3) is 11.0 Å². The van der Waals surface area contributed by atoms with E-state index in [4.69, 9.17) is 16.3 Å². The van der Waals surface area contributed by atoms with Crippen molar-refractivity contribution in [2.75, 3.05) is 11.9 Å². The predicted molar refractivity (Wildman–Crippen MR) is 93.8 cm³/mol. The van der Waals surface area contributed by atoms with E-state index in [1.54, 1.807) is 6.20 Å². The van der Waals surface area contributed by atoms with Gasteiger partial charge >= 0.3 is 0 Å². The molecule has 0 radical (unpaired) electrons. The van der Waals surface area contributed by atoms with Crippen LogP contribution in [-0.4, -0.2) is 65.5 Å². The lowest BCUT2D eigenvalue weighted by Crippen LogP contribution is -2.33. The van der Waals surface area contributed by atoms with Crippen molar-refractivity contribution in [3.05, 3.63) is 11.5 Å². The molecule has 4 N–H and O–H groups in total. The molecule has 1 aliphatic carbocycles. The summed E-state index contributed by atoms with van der Waals surface area (Å²) in [5.74, 6) is 0.586. The second-order valence-corrected chi connectivity index (χ2v) is 7.63. The second-order valence-electron chi connectivity index (χ2n) is 7.29. The minimum Gasteiger partial charge on any atom is -0.394 e. The summed E-state index contributed by atoms with van der Waals surface area (Å²) in [4.78, 5) is 8.54. The maximum atomic E-state index is 10.3. The third-order valence-corrected chi connectivity index (χ3v) is 5.48. The van der Waals surface area contributed by atoms with Crippen LogP contribution in [0.1, 0.15) is 38.8 Å². The molecule has 2 aliphatic rings. The summed E-state index contributed by atoms with van der Waals surface area (Å²) in [6, 6.07) is 0. The topological polar surface area (TPSA) is 126 Å². The molecule has 3 heterocycles. The number of ether oxygens (including phenoxy) is 1. The van der Waals surface area contributed by atoms with Crippen LogP contribution in [0.5, 0.6) is 0 Å². The van der Waals surface area contributed by atoms with Gasteiger partial charge in [-0.15, -0.1) is 0 Å². The molecular weight excluding hydrogens is 362 g/mol. The molecule has 142 valence electrons. The molecule has 2 fully saturated rings. The Morgan fingerprint density at radius 3 is 2.69 bits per heavy atom. The number of anilines is 1. The van der Waals surface area contributed by atoms with Gasteiger partial charge in [0.2, 0.25) is 5.28 Å². The maximum absolute atomic E-state index is 10.3. The minimum absolute atomic E-state index is 0.0510. The van der Waals surface area contributed by atoms with Crippen LogP contribution in [0.3, 0.4) is 0 Å². The van der Waals surface area contributed by atoms with Gasteiger partial charge in [0.1, 0.15) is 24.1 Å². The molecule has 10 heteroatoms. The van der Waals surface area contributed by atoms with Gasteiger partial charge in [-0.1, -0.05) is 12.8 Å². The second kappa shape index (κ2) is 6.58. The highest BCUT2D eigenvalue weighted by atomic mass is 35.5. The molecule has 2 aromatic rings. The van der Waals surface area contributed by atoms with Crippen LogP contribution < -0.4 is 5.32 Å². The van der Waals surface area contributed by atoms with Crippen LogP contribution in [0, 0.1) is 0 Å². The molecule has 1 saturated heterocycles. The van der Waals surface area contributed by atoms with Gasteiger partial charge in [0.05, 0.1) is 18.2 Å². The highest BCUT2D eigenvalue weighted by molar-refractivity contribution is 6.28. The zero-order valence-electron chi connectivity index (χ0n) is 14.3. The first-order valence-electron chi connectivity index (χ1n) is 8.73. The minimum atomic E-state index is -1.24. The number of hydrogen-bond acceptors (Lipinski definition) is 8. The van der Waals surface area contributed by atoms with Crippen molar-refractivity contribution in [1.29, 1.82) is 0 Å². The quantitative estimate of drug-likeness (QED) is 0.572. The summed E-state index contributed by atoms with van der Waals surface area (Å²) in [6.07, 6.45) is 1.67. The van der Waals surface area contributed by atoms with Crippen molar-refractivity contribution in [3.8, 4) is 0 Å². The molecule has 0 amide bonds. The van der Waals surface area contributed by atoms with E-state index in [1.807, 2.05) is 0 Å². The van der Waals surface area contributed by atoms with Gasteiger partial charge in [-0.3, -0.25) is 0 Å². The Hall–Kier alpha value is -1.52. The molecule has 0 unspecified atom stereocenters. The number of hydrogen-bond donors (Lipinski definition) is 4. The predicted octanol–water partition coefficient (Wildman–Crippen LogP) is 0.836. The number of nitrogens with one attached hydrogen (secondary N) is 1. The fourth-order valence-electron chi connectivity index (χ4n) is 3.83. The molecule has 26 heavy (non-hydrogen) atoms. The van der Waals surface area contributed by atoms with E-state index in [0.29, 0.717) is 16.9 Å². The Kier molecular flexibility index (Phi) is 4.52. The number of halogens is 1. The summed E-state index contributed by atoms with van der Waals surface area (Å²) in [5, 5.41) is 38.0. The van der Waals surface area contributed by atoms with Gasteiger partial charge < -0.3 is 25.4 Å². The summed E-state index contributed by atoms with van der Waals surface area (Å²) < 4.78 is 6.92. The van der Waals surface area contributed by atoms with E-state index in [9.17, 15) is 15.3 Å². The molecule has 4 atom stereocenters. The normalized spacial score (nSPS) is 31.0. The van der Waals surface area contributed by atoms with E-state index in [-0.39, 0.29) is 10.8 Å². The summed E-state index contributed by atoms with van der Waals surface area (Å²) in [5.41, 5.74) is 0.331. The molecule has 0 spiro atoms. The molecule has 0 bridgehead atoms. The van der Waals surface area contributed by atoms with Gasteiger partial charge in [0.25, 0.3) is 0 Å². The lowest BCUT2D eigenvalue weighted by atomic mass is 10.0. The molecule has 2 aromatic heterocycles. The molecule has 1 saturated carbocycles. The third kappa shape index (κ3) is 2.93. The number of fused-ring (bicyclic) bond motifs is 1. The highest BCUT2D eigenvalue weighted by Crippen LogP contribution is 2.36. The van der Waals surface area contributed by atoms with Crippen molar-refractivity contribution < 1.29 is 20.1 Å². The van der Waals surface area contributed by atoms with Crippen molar-refractivity contribution in [3.63, 3.8) is 0 Å². The van der Waals surface area contributed by atoms with Crippen LogP contribution in [0.4, 0.5) is 5.82 Å². The van der Waals surface area contributed by atoms with Crippen molar-refractivity contribution in [1.82, 2.24) is 19.7 Å². The number of aliphatic hydroxyl groups excluding tert-OH is 3. The largest absolute Gasteiger partial charge is 0.394 e. The first-order valence-corrected chi connectivity index (χ1v) is 9.11. The van der Waals surface area contributed by atoms with Gasteiger partial charge in [-0.25, -0.2) is 4.68 Å². The Bertz CT molecular complexity index is 809. The molecular formula is C16H22ClN5O4. The smallest absolute Gasteiger partial charge is 0.226 e. The number of aliphatic hydroxyl groups is 3. The van der Waals surface area contributed by atoms with Gasteiger partial charge in [0, 0.05) is 5.54 Å². The van der Waals surface area contributed by atoms with Crippen LogP contribution in [0.2, 0.25) is 5.28 Å². The number of nitrogens with zero attached hydrogens (tertiary/aromatic N) is 4. The third-order valence-electron chi connectivity index (χ3n) is 5.31. The fourth-order valence-corrected chi connectivity index (χ4v) is 3.99. The molecule has 1 aliphatic heterocycles. The van der Waals surface area contributed by atoms with E-state index in [1.165, 1.54) is 4.68 Å². The van der Waals surface area contributed by atoms with Crippen molar-refractivity contribution in [2.24, 2.45) is 0 Å². The average Bonchev–Trinajstić information content (AvgIpc) is 3.28. The Balaban J connectivity index is 1.72. The first kappa shape index (κ1) is 17.9. The van der Waals surface area contributed by atoms with Crippen LogP contribution >= 0.6 is 11.6 Å². The summed E-state index contributed by atoms with van der Waals surface area (Å²) in [7, 11) is 0. The zero-order chi connectivity index (χ0) is 18.5. The Labute approximate surface area is 155 Å². The van der Waals surface area contributed by atoms with Gasteiger partial charge in [-0.2, -0.15) is 15.1 Å². The first-order chi connectivity index (χ1) is 12.4. The fraction of sp³-hybridized carbons (Fsp3) is 0.688. The highest BCUT2D eigenvalue weighted by Gasteiger charge is 2.44. The zero-order valence-corrected chi connectivity index (χ0v) is 15.1. The summed E-state index contributed by atoms with van der Waals surface area (Å²) in [6.45, 7) is 1.74. The van der Waals surface area contributed by atoms with E-state index in [2.05, 4.69) is 27.3 Å². The van der Waals surface area contributed by atoms with Gasteiger partial charge in [-0.05, 0) is 31.4 Å². The maximum Gasteiger partial charge on any atom is 0.226 e. The van der Waals surface area contributed by atoms with E-state index < -0.39 is 31.1 Å². The molecule has 9 nitrogen and oxygen atoms in total. The molecule has 4 rings (SSSR count). The SMILES string of the molecule is CC1(Nc2nc(Cl)nc3c2cnn3[C@@H]2O[C@H](CO)[C@@H](O)[C@H]2O)CCCC1. The lowest BCUT2D eigenvalue weighted by Gasteiger charge is -2.26. The Morgan fingerprint density at radius 2 is 2.04 bits per heavy atom. The number of aromatic nitrogens is 4. The standard InChI is InChI=1S/C16H22ClN5O4/c1-16(4-2-3-5-16)21-12-8-6-18-22(13(8)20-15(17)19-12)14-11(25)10(24)9(7-23)26-14/h6,9-11,14,23-25H,2-5,7H2,1H3,(H,19,20,21)/t9-,10-,11-,14-/m1/s1. The molecule has 0 aromatic carbocycles. The van der Waals surface area contributed by atoms with E-state index in [0.717, 1.165) is 25.7 Å². The summed E-state index contributed by atoms with van der Waals surface area (Å²) >= 11 is 6.12. The van der Waals surface area contributed by atoms with Gasteiger partial charge in [0.15, 0.2) is 11.9 Å². The lowest BCUT2D eigenvalue weighted by molar-refractivity contribution is -0.0566. The number of rotatable bonds is 4. The van der Waals surface area contributed by atoms with E-state index >= 15 is 0 Å². The van der Waals surface area contributed by atoms with Crippen LogP contribution in [-0.2, 0) is 4.74 Å².